The highest BCUT2D eigenvalue weighted by Crippen LogP contribution is 2.26. The summed E-state index contributed by atoms with van der Waals surface area (Å²) in [6.07, 6.45) is 7.52. The zero-order valence-electron chi connectivity index (χ0n) is 8.53. The number of rotatable bonds is 3. The van der Waals surface area contributed by atoms with E-state index in [0.29, 0.717) is 0 Å². The summed E-state index contributed by atoms with van der Waals surface area (Å²) in [5, 5.41) is 0. The predicted molar refractivity (Wildman–Crippen MR) is 50.4 cm³/mol. The van der Waals surface area contributed by atoms with Gasteiger partial charge in [0.2, 0.25) is 5.79 Å². The molecule has 0 fully saturated rings. The van der Waals surface area contributed by atoms with Crippen molar-refractivity contribution in [1.82, 2.24) is 0 Å². The monoisotopic (exact) mass is 184 g/mol. The zero-order valence-corrected chi connectivity index (χ0v) is 8.53. The van der Waals surface area contributed by atoms with Gasteiger partial charge in [-0.3, -0.25) is 0 Å². The van der Waals surface area contributed by atoms with Gasteiger partial charge in [-0.2, -0.15) is 0 Å². The largest absolute Gasteiger partial charge is 0.370 e. The van der Waals surface area contributed by atoms with Crippen LogP contribution in [0.15, 0.2) is 24.3 Å². The Hall–Kier alpha value is -0.640. The molecule has 0 aliphatic heterocycles. The Labute approximate surface area is 79.0 Å². The third-order valence-corrected chi connectivity index (χ3v) is 2.37. The molecule has 74 valence electrons. The van der Waals surface area contributed by atoms with E-state index in [4.69, 9.17) is 14.2 Å². The van der Waals surface area contributed by atoms with Gasteiger partial charge in [-0.25, -0.2) is 0 Å². The van der Waals surface area contributed by atoms with Gasteiger partial charge in [0.1, 0.15) is 5.60 Å². The van der Waals surface area contributed by atoms with Gasteiger partial charge in [0, 0.05) is 21.3 Å². The Morgan fingerprint density at radius 2 is 1.23 bits per heavy atom. The predicted octanol–water partition coefficient (Wildman–Crippen LogP) is 1.51. The molecule has 1 rings (SSSR count). The van der Waals surface area contributed by atoms with E-state index in [1.165, 1.54) is 0 Å². The third-order valence-electron chi connectivity index (χ3n) is 2.37. The second-order valence-corrected chi connectivity index (χ2v) is 3.18. The molecule has 0 atom stereocenters. The number of hydrogen-bond acceptors (Lipinski definition) is 3. The van der Waals surface area contributed by atoms with Crippen molar-refractivity contribution in [2.24, 2.45) is 0 Å². The maximum Gasteiger partial charge on any atom is 0.207 e. The van der Waals surface area contributed by atoms with Gasteiger partial charge < -0.3 is 14.2 Å². The Morgan fingerprint density at radius 3 is 1.54 bits per heavy atom. The summed E-state index contributed by atoms with van der Waals surface area (Å²) in [6.45, 7) is 1.97. The van der Waals surface area contributed by atoms with Crippen molar-refractivity contribution in [3.63, 3.8) is 0 Å². The first kappa shape index (κ1) is 10.4. The van der Waals surface area contributed by atoms with Crippen LogP contribution >= 0.6 is 0 Å². The minimum absolute atomic E-state index is 0.347. The molecule has 0 aromatic heterocycles. The minimum atomic E-state index is -0.724. The van der Waals surface area contributed by atoms with Gasteiger partial charge in [0.25, 0.3) is 0 Å². The molecule has 13 heavy (non-hydrogen) atoms. The van der Waals surface area contributed by atoms with Crippen molar-refractivity contribution in [3.05, 3.63) is 24.3 Å². The Balaban J connectivity index is 2.83. The highest BCUT2D eigenvalue weighted by atomic mass is 16.7. The summed E-state index contributed by atoms with van der Waals surface area (Å²) in [5.74, 6) is -0.724. The lowest BCUT2D eigenvalue weighted by Gasteiger charge is -2.31. The van der Waals surface area contributed by atoms with Crippen molar-refractivity contribution in [2.75, 3.05) is 21.3 Å². The summed E-state index contributed by atoms with van der Waals surface area (Å²) in [4.78, 5) is 0. The second-order valence-electron chi connectivity index (χ2n) is 3.18. The van der Waals surface area contributed by atoms with Crippen LogP contribution in [0.1, 0.15) is 6.92 Å². The summed E-state index contributed by atoms with van der Waals surface area (Å²) in [6, 6.07) is 0. The van der Waals surface area contributed by atoms with Crippen molar-refractivity contribution < 1.29 is 14.2 Å². The first-order valence-corrected chi connectivity index (χ1v) is 4.16. The molecule has 0 heterocycles. The molecule has 0 bridgehead atoms. The van der Waals surface area contributed by atoms with Crippen molar-refractivity contribution in [3.8, 4) is 0 Å². The van der Waals surface area contributed by atoms with Crippen LogP contribution in [0, 0.1) is 0 Å². The molecule has 0 unspecified atom stereocenters. The Morgan fingerprint density at radius 1 is 0.769 bits per heavy atom. The van der Waals surface area contributed by atoms with Crippen LogP contribution in [0.3, 0.4) is 0 Å². The van der Waals surface area contributed by atoms with Gasteiger partial charge in [0.05, 0.1) is 0 Å². The van der Waals surface area contributed by atoms with E-state index < -0.39 is 5.79 Å². The standard InChI is InChI=1S/C10H16O3/c1-9(11-2)5-7-10(12-3,13-4)8-6-9/h5-8H,1-4H3. The molecule has 3 heteroatoms. The molecular formula is C10H16O3. The molecule has 0 spiro atoms. The minimum Gasteiger partial charge on any atom is -0.370 e. The fourth-order valence-corrected chi connectivity index (χ4v) is 1.17. The van der Waals surface area contributed by atoms with E-state index in [1.807, 2.05) is 31.2 Å². The average Bonchev–Trinajstić information content (AvgIpc) is 2.20. The van der Waals surface area contributed by atoms with Gasteiger partial charge in [-0.05, 0) is 31.2 Å². The van der Waals surface area contributed by atoms with Crippen LogP contribution in [0.4, 0.5) is 0 Å². The number of methoxy groups -OCH3 is 3. The van der Waals surface area contributed by atoms with E-state index in [1.54, 1.807) is 21.3 Å². The van der Waals surface area contributed by atoms with Crippen LogP contribution in [-0.2, 0) is 14.2 Å². The van der Waals surface area contributed by atoms with Gasteiger partial charge >= 0.3 is 0 Å². The Kier molecular flexibility index (Phi) is 2.91. The van der Waals surface area contributed by atoms with E-state index >= 15 is 0 Å². The Bertz CT molecular complexity index is 210. The molecule has 0 saturated carbocycles. The molecule has 1 aliphatic carbocycles. The molecule has 0 amide bonds. The highest BCUT2D eigenvalue weighted by Gasteiger charge is 2.30. The molecule has 3 nitrogen and oxygen atoms in total. The third kappa shape index (κ3) is 1.99. The molecule has 1 aliphatic rings. The molecule has 0 N–H and O–H groups in total. The van der Waals surface area contributed by atoms with Crippen LogP contribution in [0.25, 0.3) is 0 Å². The summed E-state index contributed by atoms with van der Waals surface area (Å²) in [7, 11) is 4.88. The van der Waals surface area contributed by atoms with E-state index in [2.05, 4.69) is 0 Å². The SMILES string of the molecule is COC1(C)C=CC(OC)(OC)C=C1. The maximum atomic E-state index is 5.28. The first-order chi connectivity index (χ1) is 6.10. The van der Waals surface area contributed by atoms with Crippen molar-refractivity contribution in [1.29, 1.82) is 0 Å². The topological polar surface area (TPSA) is 27.7 Å². The van der Waals surface area contributed by atoms with E-state index in [9.17, 15) is 0 Å². The normalized spacial score (nSPS) is 23.4. The second kappa shape index (κ2) is 3.62. The maximum absolute atomic E-state index is 5.28. The number of hydrogen-bond donors (Lipinski definition) is 0. The van der Waals surface area contributed by atoms with Crippen molar-refractivity contribution in [2.45, 2.75) is 18.3 Å². The van der Waals surface area contributed by atoms with Gasteiger partial charge in [-0.15, -0.1) is 0 Å². The van der Waals surface area contributed by atoms with Gasteiger partial charge in [-0.1, -0.05) is 0 Å². The van der Waals surface area contributed by atoms with Crippen LogP contribution in [0.5, 0.6) is 0 Å². The quantitative estimate of drug-likeness (QED) is 0.491. The lowest BCUT2D eigenvalue weighted by atomic mass is 9.97. The summed E-state index contributed by atoms with van der Waals surface area (Å²) < 4.78 is 15.7. The van der Waals surface area contributed by atoms with Gasteiger partial charge in [0.15, 0.2) is 0 Å². The fraction of sp³-hybridized carbons (Fsp3) is 0.600. The van der Waals surface area contributed by atoms with E-state index in [-0.39, 0.29) is 5.60 Å². The zero-order chi connectivity index (χ0) is 9.95. The summed E-state index contributed by atoms with van der Waals surface area (Å²) >= 11 is 0. The smallest absolute Gasteiger partial charge is 0.207 e. The van der Waals surface area contributed by atoms with Crippen LogP contribution < -0.4 is 0 Å². The number of ether oxygens (including phenoxy) is 3. The lowest BCUT2D eigenvalue weighted by Crippen LogP contribution is -2.35. The molecule has 0 saturated heterocycles. The van der Waals surface area contributed by atoms with Crippen LogP contribution in [-0.4, -0.2) is 32.7 Å². The molecule has 0 aromatic carbocycles. The van der Waals surface area contributed by atoms with E-state index in [0.717, 1.165) is 0 Å². The summed E-state index contributed by atoms with van der Waals surface area (Å²) in [5.41, 5.74) is -0.347. The average molecular weight is 184 g/mol. The lowest BCUT2D eigenvalue weighted by molar-refractivity contribution is -0.136. The molecule has 0 radical (unpaired) electrons. The fourth-order valence-electron chi connectivity index (χ4n) is 1.17. The molecular weight excluding hydrogens is 168 g/mol. The molecule has 0 aromatic rings. The van der Waals surface area contributed by atoms with Crippen molar-refractivity contribution >= 4 is 0 Å². The van der Waals surface area contributed by atoms with Crippen LogP contribution in [0.2, 0.25) is 0 Å². The highest BCUT2D eigenvalue weighted by molar-refractivity contribution is 5.26. The first-order valence-electron chi connectivity index (χ1n) is 4.16.